The number of carbonyl (C=O) groups is 1. The molecule has 7 nitrogen and oxygen atoms in total. The first kappa shape index (κ1) is 31.0. The Bertz CT molecular complexity index is 825. The summed E-state index contributed by atoms with van der Waals surface area (Å²) in [6.07, 6.45) is 17.6. The van der Waals surface area contributed by atoms with Gasteiger partial charge >= 0.3 is 5.97 Å². The van der Waals surface area contributed by atoms with Gasteiger partial charge in [0.25, 0.3) is 0 Å². The van der Waals surface area contributed by atoms with Crippen molar-refractivity contribution in [3.63, 3.8) is 0 Å². The number of aliphatic hydroxyl groups excluding tert-OH is 3. The molecule has 0 aromatic carbocycles. The lowest BCUT2D eigenvalue weighted by molar-refractivity contribution is -0.147. The number of aliphatic carboxylic acids is 1. The fraction of sp³-hybridized carbons (Fsp3) is 0.806. The molecule has 0 aromatic heterocycles. The van der Waals surface area contributed by atoms with Gasteiger partial charge in [-0.2, -0.15) is 0 Å². The Kier molecular flexibility index (Phi) is 12.5. The predicted octanol–water partition coefficient (Wildman–Crippen LogP) is 4.82. The van der Waals surface area contributed by atoms with Gasteiger partial charge in [0.15, 0.2) is 0 Å². The van der Waals surface area contributed by atoms with E-state index in [1.165, 1.54) is 19.3 Å². The van der Waals surface area contributed by atoms with Gasteiger partial charge in [0, 0.05) is 12.1 Å². The van der Waals surface area contributed by atoms with Crippen molar-refractivity contribution >= 4 is 12.2 Å². The fourth-order valence-corrected chi connectivity index (χ4v) is 6.69. The lowest BCUT2D eigenvalue weighted by Gasteiger charge is -2.29. The summed E-state index contributed by atoms with van der Waals surface area (Å²) in [5, 5.41) is 52.5. The quantitative estimate of drug-likeness (QED) is 0.135. The third-order valence-corrected chi connectivity index (χ3v) is 9.11. The van der Waals surface area contributed by atoms with Gasteiger partial charge in [-0.25, -0.2) is 0 Å². The number of rotatable bonds is 17. The van der Waals surface area contributed by atoms with Gasteiger partial charge in [-0.15, -0.1) is 0 Å². The number of nitrogens with zero attached hydrogens (tertiary/aromatic N) is 1. The SMILES string of the molecule is CCCCCC1C=CC(CCCCCC(C(=O)O)C(O)CCC2(O)CC(CC3=CCN=C3)CC2O)C(O)C1. The Balaban J connectivity index is 1.35. The number of hydrogen-bond acceptors (Lipinski definition) is 6. The highest BCUT2D eigenvalue weighted by Gasteiger charge is 2.45. The summed E-state index contributed by atoms with van der Waals surface area (Å²) in [5.74, 6) is -1.07. The number of carboxylic acid groups (broad SMARTS) is 1. The minimum absolute atomic E-state index is 0.153. The minimum atomic E-state index is -1.28. The Morgan fingerprint density at radius 2 is 1.87 bits per heavy atom. The maximum atomic E-state index is 11.9. The van der Waals surface area contributed by atoms with Gasteiger partial charge in [0.2, 0.25) is 0 Å². The van der Waals surface area contributed by atoms with Gasteiger partial charge in [-0.3, -0.25) is 9.79 Å². The van der Waals surface area contributed by atoms with E-state index >= 15 is 0 Å². The Morgan fingerprint density at radius 3 is 2.55 bits per heavy atom. The van der Waals surface area contributed by atoms with E-state index in [0.29, 0.717) is 38.1 Å². The van der Waals surface area contributed by atoms with Crippen LogP contribution in [0.3, 0.4) is 0 Å². The van der Waals surface area contributed by atoms with E-state index in [1.54, 1.807) is 0 Å². The molecule has 3 rings (SSSR count). The van der Waals surface area contributed by atoms with Gasteiger partial charge in [-0.1, -0.05) is 63.7 Å². The molecule has 1 saturated carbocycles. The number of aliphatic hydroxyl groups is 4. The molecule has 2 aliphatic carbocycles. The van der Waals surface area contributed by atoms with E-state index in [1.807, 2.05) is 6.21 Å². The van der Waals surface area contributed by atoms with E-state index in [0.717, 1.165) is 44.1 Å². The molecule has 8 atom stereocenters. The second-order valence-electron chi connectivity index (χ2n) is 12.2. The zero-order valence-electron chi connectivity index (χ0n) is 23.3. The number of hydrogen-bond donors (Lipinski definition) is 5. The van der Waals surface area contributed by atoms with Gasteiger partial charge < -0.3 is 25.5 Å². The molecule has 216 valence electrons. The summed E-state index contributed by atoms with van der Waals surface area (Å²) in [4.78, 5) is 16.1. The van der Waals surface area contributed by atoms with Crippen LogP contribution in [0.4, 0.5) is 0 Å². The van der Waals surface area contributed by atoms with Crippen molar-refractivity contribution in [1.29, 1.82) is 0 Å². The smallest absolute Gasteiger partial charge is 0.309 e. The summed E-state index contributed by atoms with van der Waals surface area (Å²) in [7, 11) is 0. The van der Waals surface area contributed by atoms with Gasteiger partial charge in [-0.05, 0) is 75.2 Å². The molecule has 7 heteroatoms. The molecule has 1 aliphatic heterocycles. The lowest BCUT2D eigenvalue weighted by atomic mass is 9.81. The van der Waals surface area contributed by atoms with E-state index in [-0.39, 0.29) is 30.8 Å². The predicted molar refractivity (Wildman–Crippen MR) is 150 cm³/mol. The average molecular weight is 534 g/mol. The van der Waals surface area contributed by atoms with Crippen LogP contribution >= 0.6 is 0 Å². The van der Waals surface area contributed by atoms with Crippen LogP contribution in [0.15, 0.2) is 28.8 Å². The van der Waals surface area contributed by atoms with Crippen molar-refractivity contribution in [1.82, 2.24) is 0 Å². The molecule has 8 unspecified atom stereocenters. The summed E-state index contributed by atoms with van der Waals surface area (Å²) < 4.78 is 0. The zero-order valence-corrected chi connectivity index (χ0v) is 23.3. The number of allylic oxidation sites excluding steroid dienone is 2. The fourth-order valence-electron chi connectivity index (χ4n) is 6.69. The van der Waals surface area contributed by atoms with E-state index in [2.05, 4.69) is 30.1 Å². The first-order valence-corrected chi connectivity index (χ1v) is 15.1. The molecule has 0 amide bonds. The van der Waals surface area contributed by atoms with Gasteiger partial charge in [0.05, 0.1) is 36.4 Å². The molecule has 3 aliphatic rings. The molecular weight excluding hydrogens is 482 g/mol. The van der Waals surface area contributed by atoms with Crippen molar-refractivity contribution in [3.8, 4) is 0 Å². The summed E-state index contributed by atoms with van der Waals surface area (Å²) >= 11 is 0. The Hall–Kier alpha value is -1.54. The maximum Gasteiger partial charge on any atom is 0.309 e. The molecule has 0 radical (unpaired) electrons. The van der Waals surface area contributed by atoms with E-state index < -0.39 is 29.7 Å². The largest absolute Gasteiger partial charge is 0.481 e. The highest BCUT2D eigenvalue weighted by Crippen LogP contribution is 2.41. The minimum Gasteiger partial charge on any atom is -0.481 e. The average Bonchev–Trinajstić information content (AvgIpc) is 3.48. The van der Waals surface area contributed by atoms with Gasteiger partial charge in [0.1, 0.15) is 0 Å². The molecule has 0 bridgehead atoms. The highest BCUT2D eigenvalue weighted by atomic mass is 16.4. The van der Waals surface area contributed by atoms with Crippen molar-refractivity contribution in [3.05, 3.63) is 23.8 Å². The van der Waals surface area contributed by atoms with Crippen LogP contribution in [0.25, 0.3) is 0 Å². The first-order chi connectivity index (χ1) is 18.2. The van der Waals surface area contributed by atoms with E-state index in [9.17, 15) is 30.3 Å². The molecule has 0 saturated heterocycles. The second-order valence-corrected chi connectivity index (χ2v) is 12.2. The van der Waals surface area contributed by atoms with E-state index in [4.69, 9.17) is 0 Å². The highest BCUT2D eigenvalue weighted by molar-refractivity contribution is 5.80. The summed E-state index contributed by atoms with van der Waals surface area (Å²) in [6, 6.07) is 0. The number of aliphatic imine (C=N–C) groups is 1. The topological polar surface area (TPSA) is 131 Å². The van der Waals surface area contributed by atoms with Crippen molar-refractivity contribution in [2.24, 2.45) is 28.7 Å². The summed E-state index contributed by atoms with van der Waals surface area (Å²) in [6.45, 7) is 2.89. The van der Waals surface area contributed by atoms with Crippen LogP contribution in [0.5, 0.6) is 0 Å². The third kappa shape index (κ3) is 9.29. The van der Waals surface area contributed by atoms with Crippen LogP contribution in [0.2, 0.25) is 0 Å². The Morgan fingerprint density at radius 1 is 1.08 bits per heavy atom. The zero-order chi connectivity index (χ0) is 27.5. The maximum absolute atomic E-state index is 11.9. The molecule has 0 aromatic rings. The first-order valence-electron chi connectivity index (χ1n) is 15.1. The monoisotopic (exact) mass is 533 g/mol. The molecule has 5 N–H and O–H groups in total. The molecule has 1 heterocycles. The second kappa shape index (κ2) is 15.3. The molecular formula is C31H51NO6. The Labute approximate surface area is 228 Å². The van der Waals surface area contributed by atoms with Crippen molar-refractivity contribution in [2.45, 2.75) is 127 Å². The van der Waals surface area contributed by atoms with Crippen LogP contribution in [0, 0.1) is 23.7 Å². The van der Waals surface area contributed by atoms with Crippen LogP contribution < -0.4 is 0 Å². The molecule has 38 heavy (non-hydrogen) atoms. The van der Waals surface area contributed by atoms with Crippen LogP contribution in [-0.4, -0.2) is 68.2 Å². The number of unbranched alkanes of at least 4 members (excludes halogenated alkanes) is 4. The standard InChI is InChI=1S/C31H51NO6/c1-2-3-5-8-22-11-12-25(28(34)18-22)9-6-4-7-10-26(30(36)37)27(33)13-15-31(38)20-24(19-29(31)35)17-23-14-16-32-21-23/h11-12,14,21-22,24-29,33-35,38H,2-10,13,15-20H2,1H3,(H,36,37). The van der Waals surface area contributed by atoms with Crippen LogP contribution in [0.1, 0.15) is 103 Å². The van der Waals surface area contributed by atoms with Crippen LogP contribution in [-0.2, 0) is 4.79 Å². The summed E-state index contributed by atoms with van der Waals surface area (Å²) in [5.41, 5.74) is -0.146. The number of carboxylic acids is 1. The molecule has 0 spiro atoms. The van der Waals surface area contributed by atoms with Crippen molar-refractivity contribution < 1.29 is 30.3 Å². The lowest BCUT2D eigenvalue weighted by Crippen LogP contribution is -2.39. The third-order valence-electron chi connectivity index (χ3n) is 9.11. The van der Waals surface area contributed by atoms with Crippen molar-refractivity contribution in [2.75, 3.05) is 6.54 Å². The normalized spacial score (nSPS) is 32.4. The molecule has 1 fully saturated rings.